The number of halogens is 7. The van der Waals surface area contributed by atoms with Gasteiger partial charge < -0.3 is 4.90 Å². The van der Waals surface area contributed by atoms with Gasteiger partial charge in [0.15, 0.2) is 0 Å². The summed E-state index contributed by atoms with van der Waals surface area (Å²) in [6.07, 6.45) is -4.98. The molecule has 0 unspecified atom stereocenters. The Bertz CT molecular complexity index is 1400. The van der Waals surface area contributed by atoms with Gasteiger partial charge in [-0.05, 0) is 36.8 Å². The van der Waals surface area contributed by atoms with Crippen LogP contribution in [0.15, 0.2) is 48.5 Å². The largest absolute Gasteiger partial charge is 0.511 e. The molecule has 2 aromatic carbocycles. The summed E-state index contributed by atoms with van der Waals surface area (Å²) in [7, 11) is -5.60. The normalized spacial score (nSPS) is 15.7. The van der Waals surface area contributed by atoms with E-state index in [0.717, 1.165) is 17.7 Å². The molecule has 37 heavy (non-hydrogen) atoms. The van der Waals surface area contributed by atoms with E-state index in [1.807, 2.05) is 0 Å². The predicted molar refractivity (Wildman–Crippen MR) is 121 cm³/mol. The van der Waals surface area contributed by atoms with Gasteiger partial charge in [0, 0.05) is 31.7 Å². The minimum Gasteiger partial charge on any atom is -0.353 e. The van der Waals surface area contributed by atoms with Crippen molar-refractivity contribution in [1.82, 2.24) is 14.3 Å². The predicted octanol–water partition coefficient (Wildman–Crippen LogP) is 5.25. The number of rotatable bonds is 4. The number of anilines is 1. The number of benzene rings is 2. The molecule has 1 saturated heterocycles. The van der Waals surface area contributed by atoms with Crippen LogP contribution < -0.4 is 4.90 Å². The number of aromatic nitrogens is 2. The summed E-state index contributed by atoms with van der Waals surface area (Å²) in [5.74, 6) is -2.34. The van der Waals surface area contributed by atoms with E-state index in [0.29, 0.717) is 5.56 Å². The number of aryl methyl sites for hydroxylation is 1. The first-order valence-electron chi connectivity index (χ1n) is 10.8. The van der Waals surface area contributed by atoms with Crippen molar-refractivity contribution in [3.8, 4) is 22.4 Å². The molecule has 14 heteroatoms. The molecular formula is C23H19F7N4O2S. The Hall–Kier alpha value is -3.26. The molecule has 3 aromatic rings. The van der Waals surface area contributed by atoms with E-state index >= 15 is 0 Å². The van der Waals surface area contributed by atoms with E-state index in [9.17, 15) is 39.2 Å². The van der Waals surface area contributed by atoms with E-state index in [2.05, 4.69) is 9.97 Å². The van der Waals surface area contributed by atoms with Gasteiger partial charge in [-0.3, -0.25) is 0 Å². The third-order valence-corrected chi connectivity index (χ3v) is 7.37. The van der Waals surface area contributed by atoms with E-state index in [-0.39, 0.29) is 40.0 Å². The maximum absolute atomic E-state index is 13.8. The first kappa shape index (κ1) is 26.8. The van der Waals surface area contributed by atoms with Gasteiger partial charge in [0.2, 0.25) is 5.82 Å². The Morgan fingerprint density at radius 1 is 0.838 bits per heavy atom. The highest BCUT2D eigenvalue weighted by Gasteiger charge is 2.50. The van der Waals surface area contributed by atoms with Crippen LogP contribution in [0.4, 0.5) is 36.6 Å². The first-order valence-corrected chi connectivity index (χ1v) is 12.3. The molecule has 198 valence electrons. The summed E-state index contributed by atoms with van der Waals surface area (Å²) in [6.45, 7) is -0.193. The maximum atomic E-state index is 13.8. The zero-order valence-electron chi connectivity index (χ0n) is 19.1. The Kier molecular flexibility index (Phi) is 6.92. The molecule has 0 amide bonds. The first-order chi connectivity index (χ1) is 17.2. The highest BCUT2D eigenvalue weighted by molar-refractivity contribution is 7.90. The van der Waals surface area contributed by atoms with Crippen molar-refractivity contribution in [2.75, 3.05) is 31.1 Å². The second kappa shape index (κ2) is 9.56. The monoisotopic (exact) mass is 548 g/mol. The number of hydrogen-bond donors (Lipinski definition) is 0. The Morgan fingerprint density at radius 3 is 2.00 bits per heavy atom. The summed E-state index contributed by atoms with van der Waals surface area (Å²) >= 11 is 0. The SMILES string of the molecule is Cc1cccc(-c2c(-c3ccc(F)cc3)nc(C(F)(F)F)nc2N2CCN(S(=O)(=O)C(F)(F)F)CC2)c1. The molecule has 0 aliphatic carbocycles. The number of alkyl halides is 6. The highest BCUT2D eigenvalue weighted by atomic mass is 32.2. The molecule has 0 atom stereocenters. The fourth-order valence-electron chi connectivity index (χ4n) is 3.97. The van der Waals surface area contributed by atoms with Crippen molar-refractivity contribution in [2.24, 2.45) is 0 Å². The summed E-state index contributed by atoms with van der Waals surface area (Å²) in [4.78, 5) is 8.79. The minimum atomic E-state index is -5.60. The van der Waals surface area contributed by atoms with E-state index in [4.69, 9.17) is 0 Å². The molecule has 1 fully saturated rings. The second-order valence-corrected chi connectivity index (χ2v) is 10.2. The maximum Gasteiger partial charge on any atom is 0.511 e. The van der Waals surface area contributed by atoms with Gasteiger partial charge in [0.25, 0.3) is 0 Å². The molecule has 1 aliphatic rings. The molecule has 0 bridgehead atoms. The lowest BCUT2D eigenvalue weighted by molar-refractivity contribution is -0.144. The summed E-state index contributed by atoms with van der Waals surface area (Å²) in [6, 6.07) is 11.3. The zero-order valence-corrected chi connectivity index (χ0v) is 19.9. The van der Waals surface area contributed by atoms with Gasteiger partial charge >= 0.3 is 21.7 Å². The van der Waals surface area contributed by atoms with Gasteiger partial charge in [-0.1, -0.05) is 29.8 Å². The zero-order chi connectivity index (χ0) is 27.2. The molecule has 6 nitrogen and oxygen atoms in total. The number of hydrogen-bond acceptors (Lipinski definition) is 5. The topological polar surface area (TPSA) is 66.4 Å². The lowest BCUT2D eigenvalue weighted by Crippen LogP contribution is -2.52. The van der Waals surface area contributed by atoms with Crippen molar-refractivity contribution in [1.29, 1.82) is 0 Å². The highest BCUT2D eigenvalue weighted by Crippen LogP contribution is 2.41. The van der Waals surface area contributed by atoms with Crippen LogP contribution in [-0.2, 0) is 16.2 Å². The molecule has 0 saturated carbocycles. The number of piperazine rings is 1. The smallest absolute Gasteiger partial charge is 0.353 e. The van der Waals surface area contributed by atoms with Gasteiger partial charge in [-0.25, -0.2) is 22.8 Å². The molecule has 1 aliphatic heterocycles. The van der Waals surface area contributed by atoms with Crippen LogP contribution in [0.2, 0.25) is 0 Å². The molecule has 0 N–H and O–H groups in total. The van der Waals surface area contributed by atoms with Crippen LogP contribution in [0.3, 0.4) is 0 Å². The van der Waals surface area contributed by atoms with Gasteiger partial charge in [-0.15, -0.1) is 0 Å². The fraction of sp³-hybridized carbons (Fsp3) is 0.304. The minimum absolute atomic E-state index is 0.149. The van der Waals surface area contributed by atoms with Gasteiger partial charge in [0.1, 0.15) is 11.6 Å². The number of nitrogens with zero attached hydrogens (tertiary/aromatic N) is 4. The number of sulfonamides is 1. The van der Waals surface area contributed by atoms with Crippen molar-refractivity contribution >= 4 is 15.8 Å². The lowest BCUT2D eigenvalue weighted by Gasteiger charge is -2.36. The Balaban J connectivity index is 1.89. The van der Waals surface area contributed by atoms with Crippen LogP contribution in [0.1, 0.15) is 11.4 Å². The van der Waals surface area contributed by atoms with Crippen LogP contribution >= 0.6 is 0 Å². The van der Waals surface area contributed by atoms with Crippen molar-refractivity contribution in [2.45, 2.75) is 18.6 Å². The summed E-state index contributed by atoms with van der Waals surface area (Å²) in [5, 5.41) is 0. The van der Waals surface area contributed by atoms with Gasteiger partial charge in [0.05, 0.1) is 11.3 Å². The molecule has 0 radical (unpaired) electrons. The van der Waals surface area contributed by atoms with Crippen LogP contribution in [0.5, 0.6) is 0 Å². The summed E-state index contributed by atoms with van der Waals surface area (Å²) in [5.41, 5.74) is -4.17. The molecule has 1 aromatic heterocycles. The molecule has 0 spiro atoms. The standard InChI is InChI=1S/C23H19F7N4O2S/c1-14-3-2-4-16(13-14)18-19(15-5-7-17(24)8-6-15)31-21(22(25,26)27)32-20(18)33-9-11-34(12-10-33)37(35,36)23(28,29)30/h2-8,13H,9-12H2,1H3. The Labute approximate surface area is 207 Å². The van der Waals surface area contributed by atoms with E-state index in [1.54, 1.807) is 31.2 Å². The van der Waals surface area contributed by atoms with E-state index < -0.39 is 46.4 Å². The van der Waals surface area contributed by atoms with Gasteiger partial charge in [-0.2, -0.15) is 30.6 Å². The quantitative estimate of drug-likeness (QED) is 0.417. The molecule has 2 heterocycles. The lowest BCUT2D eigenvalue weighted by atomic mass is 9.97. The van der Waals surface area contributed by atoms with Crippen LogP contribution in [0, 0.1) is 12.7 Å². The van der Waals surface area contributed by atoms with Crippen molar-refractivity contribution < 1.29 is 39.2 Å². The third kappa shape index (κ3) is 5.39. The Morgan fingerprint density at radius 2 is 1.46 bits per heavy atom. The van der Waals surface area contributed by atoms with E-state index in [1.165, 1.54) is 17.0 Å². The fourth-order valence-corrected chi connectivity index (χ4v) is 4.91. The second-order valence-electron chi connectivity index (χ2n) is 8.31. The third-order valence-electron chi connectivity index (χ3n) is 5.74. The average Bonchev–Trinajstić information content (AvgIpc) is 2.82. The van der Waals surface area contributed by atoms with Crippen molar-refractivity contribution in [3.05, 3.63) is 65.7 Å². The van der Waals surface area contributed by atoms with Crippen LogP contribution in [-0.4, -0.2) is 54.4 Å². The molecule has 4 rings (SSSR count). The van der Waals surface area contributed by atoms with Crippen LogP contribution in [0.25, 0.3) is 22.4 Å². The summed E-state index contributed by atoms with van der Waals surface area (Å²) < 4.78 is 118. The van der Waals surface area contributed by atoms with Crippen molar-refractivity contribution in [3.63, 3.8) is 0 Å². The molecular weight excluding hydrogens is 529 g/mol. The average molecular weight is 548 g/mol.